The molecule has 0 bridgehead atoms. The van der Waals surface area contributed by atoms with E-state index in [0.29, 0.717) is 30.2 Å². The lowest BCUT2D eigenvalue weighted by atomic mass is 10.1. The molecule has 2 heterocycles. The van der Waals surface area contributed by atoms with Crippen molar-refractivity contribution in [2.45, 2.75) is 90.3 Å². The highest BCUT2D eigenvalue weighted by atomic mass is 35.5. The van der Waals surface area contributed by atoms with Gasteiger partial charge in [0, 0.05) is 29.7 Å². The zero-order chi connectivity index (χ0) is 31.9. The van der Waals surface area contributed by atoms with Gasteiger partial charge in [0.15, 0.2) is 0 Å². The number of ether oxygens (including phenoxy) is 1. The second-order valence-corrected chi connectivity index (χ2v) is 13.4. The molecule has 8 heteroatoms. The van der Waals surface area contributed by atoms with E-state index in [-0.39, 0.29) is 17.0 Å². The first-order valence-electron chi connectivity index (χ1n) is 16.5. The van der Waals surface area contributed by atoms with Crippen LogP contribution >= 0.6 is 22.9 Å². The molecule has 2 N–H and O–H groups in total. The predicted octanol–water partition coefficient (Wildman–Crippen LogP) is 8.95. The van der Waals surface area contributed by atoms with Crippen LogP contribution in [-0.4, -0.2) is 23.6 Å². The third kappa shape index (κ3) is 11.1. The number of fused-ring (bicyclic) bond motifs is 1. The van der Waals surface area contributed by atoms with Gasteiger partial charge in [0.2, 0.25) is 5.43 Å². The molecule has 0 saturated heterocycles. The number of benzene rings is 2. The molecule has 2 aromatic heterocycles. The van der Waals surface area contributed by atoms with Gasteiger partial charge in [0.25, 0.3) is 5.91 Å². The van der Waals surface area contributed by atoms with Gasteiger partial charge >= 0.3 is 0 Å². The van der Waals surface area contributed by atoms with Crippen LogP contribution in [0, 0.1) is 0 Å². The normalized spacial score (nSPS) is 12.1. The molecule has 0 aliphatic carbocycles. The number of halogens is 1. The number of rotatable bonds is 20. The van der Waals surface area contributed by atoms with Gasteiger partial charge in [-0.25, -0.2) is 0 Å². The Hall–Kier alpha value is -2.97. The van der Waals surface area contributed by atoms with Crippen LogP contribution in [0.25, 0.3) is 10.2 Å². The first kappa shape index (κ1) is 34.9. The summed E-state index contributed by atoms with van der Waals surface area (Å²) in [5.41, 5.74) is 1.99. The second kappa shape index (κ2) is 18.9. The van der Waals surface area contributed by atoms with E-state index in [1.54, 1.807) is 18.3 Å². The van der Waals surface area contributed by atoms with Crippen LogP contribution in [0.15, 0.2) is 71.7 Å². The Kier molecular flexibility index (Phi) is 14.6. The van der Waals surface area contributed by atoms with Crippen LogP contribution in [0.2, 0.25) is 5.02 Å². The lowest BCUT2D eigenvalue weighted by Crippen LogP contribution is -2.29. The maximum Gasteiger partial charge on any atom is 0.257 e. The minimum atomic E-state index is -0.393. The molecule has 1 atom stereocenters. The van der Waals surface area contributed by atoms with Crippen LogP contribution in [0.4, 0.5) is 0 Å². The average molecular weight is 650 g/mol. The first-order chi connectivity index (χ1) is 22.0. The largest absolute Gasteiger partial charge is 0.374 e. The Labute approximate surface area is 277 Å². The maximum atomic E-state index is 13.3. The summed E-state index contributed by atoms with van der Waals surface area (Å²) < 4.78 is 8.07. The molecule has 0 saturated carbocycles. The van der Waals surface area contributed by atoms with Gasteiger partial charge in [-0.3, -0.25) is 9.59 Å². The van der Waals surface area contributed by atoms with E-state index in [0.717, 1.165) is 28.2 Å². The Morgan fingerprint density at radius 2 is 1.60 bits per heavy atom. The minimum Gasteiger partial charge on any atom is -0.374 e. The van der Waals surface area contributed by atoms with Crippen molar-refractivity contribution in [3.63, 3.8) is 0 Å². The van der Waals surface area contributed by atoms with Crippen molar-refractivity contribution in [1.82, 2.24) is 15.2 Å². The number of pyridine rings is 1. The third-order valence-corrected chi connectivity index (χ3v) is 9.61. The van der Waals surface area contributed by atoms with Crippen molar-refractivity contribution < 1.29 is 9.53 Å². The standard InChI is InChI=1S/C37H48ClN3O3S/c1-3-4-5-6-7-8-9-10-11-15-22-39-34(29-16-13-12-14-17-29)27-44-26-31-23-32-35(42)33(25-41(2)37(32)45-31)36(43)40-24-28-18-20-30(38)21-19-28/h12-14,16-21,23,25,34,39H,3-11,15,22,24,26-27H2,1-2H3,(H,40,43). The van der Waals surface area contributed by atoms with Gasteiger partial charge < -0.3 is 19.9 Å². The molecule has 45 heavy (non-hydrogen) atoms. The summed E-state index contributed by atoms with van der Waals surface area (Å²) in [4.78, 5) is 28.0. The molecular weight excluding hydrogens is 602 g/mol. The molecule has 0 spiro atoms. The summed E-state index contributed by atoms with van der Waals surface area (Å²) in [6, 6.07) is 19.7. The number of aryl methyl sites for hydroxylation is 1. The van der Waals surface area contributed by atoms with E-state index >= 15 is 0 Å². The maximum absolute atomic E-state index is 13.3. The molecule has 1 unspecified atom stereocenters. The molecule has 2 aromatic carbocycles. The molecule has 6 nitrogen and oxygen atoms in total. The van der Waals surface area contributed by atoms with Gasteiger partial charge in [-0.05, 0) is 42.3 Å². The molecule has 4 aromatic rings. The van der Waals surface area contributed by atoms with Crippen molar-refractivity contribution in [3.8, 4) is 0 Å². The van der Waals surface area contributed by atoms with Crippen LogP contribution in [0.3, 0.4) is 0 Å². The van der Waals surface area contributed by atoms with E-state index in [1.807, 2.05) is 35.9 Å². The number of thiophene rings is 1. The van der Waals surface area contributed by atoms with Crippen LogP contribution < -0.4 is 16.1 Å². The number of unbranched alkanes of at least 4 members (excludes halogenated alkanes) is 9. The van der Waals surface area contributed by atoms with E-state index in [2.05, 4.69) is 41.8 Å². The number of carbonyl (C=O) groups excluding carboxylic acids is 1. The van der Waals surface area contributed by atoms with E-state index in [4.69, 9.17) is 16.3 Å². The Morgan fingerprint density at radius 1 is 0.933 bits per heavy atom. The number of aromatic nitrogens is 1. The zero-order valence-corrected chi connectivity index (χ0v) is 28.4. The fourth-order valence-corrected chi connectivity index (χ4v) is 6.70. The lowest BCUT2D eigenvalue weighted by molar-refractivity contribution is 0.0949. The van der Waals surface area contributed by atoms with Gasteiger partial charge in [-0.2, -0.15) is 0 Å². The fraction of sp³-hybridized carbons (Fsp3) is 0.459. The summed E-state index contributed by atoms with van der Waals surface area (Å²) in [7, 11) is 1.86. The fourth-order valence-electron chi connectivity index (χ4n) is 5.55. The molecule has 242 valence electrons. The summed E-state index contributed by atoms with van der Waals surface area (Å²) in [5.74, 6) is -0.393. The number of carbonyl (C=O) groups is 1. The van der Waals surface area contributed by atoms with Crippen LogP contribution in [0.1, 0.15) is 104 Å². The summed E-state index contributed by atoms with van der Waals surface area (Å²) in [6.45, 7) is 4.48. The topological polar surface area (TPSA) is 72.4 Å². The van der Waals surface area contributed by atoms with Crippen molar-refractivity contribution in [2.75, 3.05) is 13.2 Å². The van der Waals surface area contributed by atoms with Gasteiger partial charge in [0.05, 0.1) is 24.6 Å². The number of hydrogen-bond donors (Lipinski definition) is 2. The first-order valence-corrected chi connectivity index (χ1v) is 17.7. The van der Waals surface area contributed by atoms with Crippen LogP contribution in [-0.2, 0) is 24.9 Å². The van der Waals surface area contributed by atoms with Gasteiger partial charge in [0.1, 0.15) is 10.4 Å². The third-order valence-electron chi connectivity index (χ3n) is 8.16. The van der Waals surface area contributed by atoms with Crippen LogP contribution in [0.5, 0.6) is 0 Å². The zero-order valence-electron chi connectivity index (χ0n) is 26.8. The molecule has 0 aliphatic heterocycles. The quantitative estimate of drug-likeness (QED) is 0.0938. The smallest absolute Gasteiger partial charge is 0.257 e. The summed E-state index contributed by atoms with van der Waals surface area (Å²) in [6.07, 6.45) is 14.9. The Bertz CT molecular complexity index is 1520. The number of nitrogens with zero attached hydrogens (tertiary/aromatic N) is 1. The monoisotopic (exact) mass is 649 g/mol. The lowest BCUT2D eigenvalue weighted by Gasteiger charge is -2.19. The van der Waals surface area contributed by atoms with E-state index in [9.17, 15) is 9.59 Å². The second-order valence-electron chi connectivity index (χ2n) is 11.8. The van der Waals surface area contributed by atoms with Crippen molar-refractivity contribution in [2.24, 2.45) is 7.05 Å². The highest BCUT2D eigenvalue weighted by Crippen LogP contribution is 2.25. The number of hydrogen-bond acceptors (Lipinski definition) is 5. The summed E-state index contributed by atoms with van der Waals surface area (Å²) in [5, 5.41) is 7.74. The van der Waals surface area contributed by atoms with Gasteiger partial charge in [-0.1, -0.05) is 119 Å². The Balaban J connectivity index is 1.27. The molecular formula is C37H48ClN3O3S. The molecule has 0 fully saturated rings. The van der Waals surface area contributed by atoms with Crippen molar-refractivity contribution >= 4 is 39.1 Å². The molecule has 0 radical (unpaired) electrons. The minimum absolute atomic E-state index is 0.0984. The number of amides is 1. The average Bonchev–Trinajstić information content (AvgIpc) is 3.50. The predicted molar refractivity (Wildman–Crippen MR) is 188 cm³/mol. The summed E-state index contributed by atoms with van der Waals surface area (Å²) >= 11 is 7.48. The van der Waals surface area contributed by atoms with Crippen molar-refractivity contribution in [1.29, 1.82) is 0 Å². The Morgan fingerprint density at radius 3 is 2.29 bits per heavy atom. The highest BCUT2D eigenvalue weighted by molar-refractivity contribution is 7.18. The van der Waals surface area contributed by atoms with Crippen molar-refractivity contribution in [3.05, 3.63) is 104 Å². The molecule has 0 aliphatic rings. The van der Waals surface area contributed by atoms with Gasteiger partial charge in [-0.15, -0.1) is 11.3 Å². The molecule has 4 rings (SSSR count). The SMILES string of the molecule is CCCCCCCCCCCCNC(COCc1cc2c(=O)c(C(=O)NCc3ccc(Cl)cc3)cn(C)c2s1)c1ccccc1. The number of nitrogens with one attached hydrogen (secondary N) is 2. The van der Waals surface area contributed by atoms with E-state index in [1.165, 1.54) is 74.7 Å². The highest BCUT2D eigenvalue weighted by Gasteiger charge is 2.17. The van der Waals surface area contributed by atoms with E-state index < -0.39 is 5.91 Å². The molecule has 1 amide bonds.